The number of esters is 2. The minimum atomic E-state index is -0.336. The second kappa shape index (κ2) is 13.7. The van der Waals surface area contributed by atoms with Crippen molar-refractivity contribution in [3.63, 3.8) is 0 Å². The fourth-order valence-corrected chi connectivity index (χ4v) is 11.7. The summed E-state index contributed by atoms with van der Waals surface area (Å²) in [7, 11) is 0. The molecule has 0 aromatic heterocycles. The van der Waals surface area contributed by atoms with Gasteiger partial charge in [0, 0.05) is 50.2 Å². The van der Waals surface area contributed by atoms with E-state index < -0.39 is 0 Å². The predicted octanol–water partition coefficient (Wildman–Crippen LogP) is 4.61. The maximum Gasteiger partial charge on any atom is 0.330 e. The first kappa shape index (κ1) is 24.8. The van der Waals surface area contributed by atoms with Gasteiger partial charge in [-0.15, -0.1) is 70.6 Å². The number of hydrogen-bond acceptors (Lipinski definition) is 10. The topological polar surface area (TPSA) is 52.6 Å². The first-order chi connectivity index (χ1) is 13.5. The lowest BCUT2D eigenvalue weighted by atomic mass is 10.5. The lowest BCUT2D eigenvalue weighted by Crippen LogP contribution is -2.15. The molecule has 2 aliphatic heterocycles. The standard InChI is InChI=1S/C18H26O4S6/c1-4-15(19)21-6-13-8-25-17(27-13)10-23-12(3)24-11-18-26-9-14(28-18)7-22-16(20)5-2/h4-5,12-14,17-18H,1-2,6-11H2,3H3. The third kappa shape index (κ3) is 9.55. The lowest BCUT2D eigenvalue weighted by molar-refractivity contribution is -0.138. The van der Waals surface area contributed by atoms with Crippen molar-refractivity contribution < 1.29 is 19.1 Å². The van der Waals surface area contributed by atoms with Gasteiger partial charge in [-0.25, -0.2) is 9.59 Å². The molecule has 4 atom stereocenters. The van der Waals surface area contributed by atoms with Crippen molar-refractivity contribution in [3.05, 3.63) is 25.3 Å². The molecule has 4 unspecified atom stereocenters. The minimum Gasteiger partial charge on any atom is -0.461 e. The Morgan fingerprint density at radius 2 is 1.39 bits per heavy atom. The molecule has 2 rings (SSSR count). The second-order valence-electron chi connectivity index (χ2n) is 5.94. The summed E-state index contributed by atoms with van der Waals surface area (Å²) in [5.74, 6) is 3.62. The summed E-state index contributed by atoms with van der Waals surface area (Å²) < 4.78 is 12.0. The quantitative estimate of drug-likeness (QED) is 0.217. The van der Waals surface area contributed by atoms with Crippen LogP contribution in [-0.4, -0.2) is 72.4 Å². The van der Waals surface area contributed by atoms with Crippen molar-refractivity contribution in [1.29, 1.82) is 0 Å². The maximum atomic E-state index is 11.2. The molecule has 0 radical (unpaired) electrons. The summed E-state index contributed by atoms with van der Waals surface area (Å²) in [5, 5.41) is 0.779. The number of thioether (sulfide) groups is 6. The van der Waals surface area contributed by atoms with Gasteiger partial charge >= 0.3 is 11.9 Å². The zero-order chi connectivity index (χ0) is 20.4. The molecule has 0 amide bonds. The van der Waals surface area contributed by atoms with Crippen LogP contribution in [0.15, 0.2) is 25.3 Å². The van der Waals surface area contributed by atoms with Crippen LogP contribution in [0.2, 0.25) is 0 Å². The largest absolute Gasteiger partial charge is 0.461 e. The van der Waals surface area contributed by atoms with Gasteiger partial charge in [0.25, 0.3) is 0 Å². The van der Waals surface area contributed by atoms with Crippen LogP contribution in [0.25, 0.3) is 0 Å². The molecular formula is C18H26O4S6. The van der Waals surface area contributed by atoms with E-state index in [1.54, 1.807) is 0 Å². The van der Waals surface area contributed by atoms with E-state index in [1.807, 2.05) is 70.6 Å². The number of ether oxygens (including phenoxy) is 2. The van der Waals surface area contributed by atoms with Crippen LogP contribution < -0.4 is 0 Å². The van der Waals surface area contributed by atoms with Gasteiger partial charge in [0.2, 0.25) is 0 Å². The van der Waals surface area contributed by atoms with E-state index in [0.717, 1.165) is 23.0 Å². The van der Waals surface area contributed by atoms with Crippen molar-refractivity contribution in [1.82, 2.24) is 0 Å². The van der Waals surface area contributed by atoms with Gasteiger partial charge < -0.3 is 9.47 Å². The van der Waals surface area contributed by atoms with E-state index in [1.165, 1.54) is 12.2 Å². The van der Waals surface area contributed by atoms with Gasteiger partial charge in [0.1, 0.15) is 13.2 Å². The number of carbonyl (C=O) groups excluding carboxylic acids is 2. The average Bonchev–Trinajstić information content (AvgIpc) is 3.36. The zero-order valence-corrected chi connectivity index (χ0v) is 20.7. The third-order valence-electron chi connectivity index (χ3n) is 3.71. The highest BCUT2D eigenvalue weighted by Crippen LogP contribution is 2.43. The van der Waals surface area contributed by atoms with E-state index >= 15 is 0 Å². The Hall–Kier alpha value is 0.520. The predicted molar refractivity (Wildman–Crippen MR) is 132 cm³/mol. The normalized spacial score (nSPS) is 27.9. The summed E-state index contributed by atoms with van der Waals surface area (Å²) in [6.07, 6.45) is 2.44. The molecule has 0 N–H and O–H groups in total. The van der Waals surface area contributed by atoms with Gasteiger partial charge in [-0.2, -0.15) is 0 Å². The molecule has 2 saturated heterocycles. The molecule has 0 saturated carbocycles. The van der Waals surface area contributed by atoms with Crippen LogP contribution in [0.4, 0.5) is 0 Å². The van der Waals surface area contributed by atoms with Gasteiger partial charge in [-0.05, 0) is 6.92 Å². The summed E-state index contributed by atoms with van der Waals surface area (Å²) in [4.78, 5) is 22.3. The van der Waals surface area contributed by atoms with Crippen LogP contribution in [0.1, 0.15) is 6.92 Å². The van der Waals surface area contributed by atoms with E-state index in [4.69, 9.17) is 9.47 Å². The molecule has 28 heavy (non-hydrogen) atoms. The molecule has 0 spiro atoms. The van der Waals surface area contributed by atoms with E-state index in [9.17, 15) is 9.59 Å². The zero-order valence-electron chi connectivity index (χ0n) is 15.8. The molecule has 0 bridgehead atoms. The molecule has 158 valence electrons. The maximum absolute atomic E-state index is 11.2. The number of carbonyl (C=O) groups is 2. The van der Waals surface area contributed by atoms with Crippen molar-refractivity contribution in [2.75, 3.05) is 36.2 Å². The van der Waals surface area contributed by atoms with Crippen molar-refractivity contribution >= 4 is 82.5 Å². The Kier molecular flexibility index (Phi) is 12.2. The van der Waals surface area contributed by atoms with E-state index in [0.29, 0.717) is 37.5 Å². The first-order valence-corrected chi connectivity index (χ1v) is 14.9. The molecule has 0 aromatic rings. The molecule has 2 aliphatic rings. The van der Waals surface area contributed by atoms with Crippen LogP contribution in [0, 0.1) is 0 Å². The molecule has 2 heterocycles. The Labute approximate surface area is 193 Å². The van der Waals surface area contributed by atoms with Gasteiger partial charge in [-0.1, -0.05) is 13.2 Å². The van der Waals surface area contributed by atoms with Gasteiger partial charge in [-0.3, -0.25) is 0 Å². The van der Waals surface area contributed by atoms with Crippen LogP contribution in [-0.2, 0) is 19.1 Å². The summed E-state index contributed by atoms with van der Waals surface area (Å²) in [5.41, 5.74) is 0. The molecule has 10 heteroatoms. The fraction of sp³-hybridized carbons (Fsp3) is 0.667. The van der Waals surface area contributed by atoms with Crippen LogP contribution in [0.3, 0.4) is 0 Å². The Balaban J connectivity index is 1.53. The summed E-state index contributed by atoms with van der Waals surface area (Å²) in [6.45, 7) is 10.1. The fourth-order valence-electron chi connectivity index (χ4n) is 2.31. The van der Waals surface area contributed by atoms with Crippen LogP contribution >= 0.6 is 70.6 Å². The summed E-state index contributed by atoms with van der Waals surface area (Å²) in [6, 6.07) is 0. The lowest BCUT2D eigenvalue weighted by Gasteiger charge is -2.16. The molecule has 2 fully saturated rings. The second-order valence-corrected chi connectivity index (χ2v) is 15.1. The monoisotopic (exact) mass is 498 g/mol. The Morgan fingerprint density at radius 3 is 1.79 bits per heavy atom. The highest BCUT2D eigenvalue weighted by molar-refractivity contribution is 8.24. The number of hydrogen-bond donors (Lipinski definition) is 0. The highest BCUT2D eigenvalue weighted by Gasteiger charge is 2.29. The van der Waals surface area contributed by atoms with E-state index in [2.05, 4.69) is 20.1 Å². The smallest absolute Gasteiger partial charge is 0.330 e. The molecule has 0 aliphatic carbocycles. The van der Waals surface area contributed by atoms with E-state index in [-0.39, 0.29) is 11.9 Å². The molecular weight excluding hydrogens is 473 g/mol. The first-order valence-electron chi connectivity index (χ1n) is 8.85. The van der Waals surface area contributed by atoms with Crippen molar-refractivity contribution in [3.8, 4) is 0 Å². The van der Waals surface area contributed by atoms with Gasteiger partial charge in [0.15, 0.2) is 0 Å². The minimum absolute atomic E-state index is 0.336. The third-order valence-corrected chi connectivity index (χ3v) is 13.9. The summed E-state index contributed by atoms with van der Waals surface area (Å²) >= 11 is 11.8. The SMILES string of the molecule is C=CC(=O)OCC1CSC(CSC(C)SCC2SCC(COC(=O)C=C)S2)S1. The van der Waals surface area contributed by atoms with Gasteiger partial charge in [0.05, 0.1) is 9.16 Å². The molecule has 4 nitrogen and oxygen atoms in total. The number of rotatable bonds is 12. The van der Waals surface area contributed by atoms with Crippen molar-refractivity contribution in [2.45, 2.75) is 31.2 Å². The highest BCUT2D eigenvalue weighted by atomic mass is 32.2. The Bertz CT molecular complexity index is 500. The van der Waals surface area contributed by atoms with Crippen molar-refractivity contribution in [2.24, 2.45) is 0 Å². The molecule has 0 aromatic carbocycles. The average molecular weight is 499 g/mol. The van der Waals surface area contributed by atoms with Crippen LogP contribution in [0.5, 0.6) is 0 Å². The Morgan fingerprint density at radius 1 is 0.964 bits per heavy atom.